The first-order valence-electron chi connectivity index (χ1n) is 8.36. The van der Waals surface area contributed by atoms with E-state index in [9.17, 15) is 4.79 Å². The van der Waals surface area contributed by atoms with Gasteiger partial charge in [-0.3, -0.25) is 15.1 Å². The van der Waals surface area contributed by atoms with Crippen molar-refractivity contribution in [1.82, 2.24) is 20.7 Å². The van der Waals surface area contributed by atoms with Crippen LogP contribution in [-0.2, 0) is 0 Å². The predicted octanol–water partition coefficient (Wildman–Crippen LogP) is 0.709. The van der Waals surface area contributed by atoms with Gasteiger partial charge in [-0.1, -0.05) is 13.0 Å². The van der Waals surface area contributed by atoms with Crippen LogP contribution < -0.4 is 16.2 Å². The Kier molecular flexibility index (Phi) is 3.71. The molecule has 0 atom stereocenters. The van der Waals surface area contributed by atoms with Gasteiger partial charge in [0.25, 0.3) is 5.91 Å². The summed E-state index contributed by atoms with van der Waals surface area (Å²) in [5.74, 6) is -0.0612. The largest absolute Gasteiger partial charge is 0.380 e. The number of piperazine rings is 1. The van der Waals surface area contributed by atoms with Gasteiger partial charge in [-0.05, 0) is 18.7 Å². The van der Waals surface area contributed by atoms with E-state index in [4.69, 9.17) is 0 Å². The van der Waals surface area contributed by atoms with E-state index < -0.39 is 0 Å². The third-order valence-corrected chi connectivity index (χ3v) is 5.05. The topological polar surface area (TPSA) is 59.6 Å². The Hall–Kier alpha value is -2.05. The molecule has 1 fully saturated rings. The van der Waals surface area contributed by atoms with E-state index in [1.54, 1.807) is 0 Å². The van der Waals surface area contributed by atoms with E-state index in [1.807, 2.05) is 18.2 Å². The van der Waals surface area contributed by atoms with Crippen LogP contribution in [0.5, 0.6) is 0 Å². The molecule has 1 amide bonds. The van der Waals surface area contributed by atoms with Crippen LogP contribution in [-0.4, -0.2) is 61.5 Å². The zero-order chi connectivity index (χ0) is 15.8. The minimum atomic E-state index is -0.0612. The fraction of sp³-hybridized carbons (Fsp3) is 0.471. The van der Waals surface area contributed by atoms with Crippen LogP contribution in [0.25, 0.3) is 5.57 Å². The number of carbonyl (C=O) groups is 1. The Labute approximate surface area is 136 Å². The van der Waals surface area contributed by atoms with Gasteiger partial charge in [0.1, 0.15) is 0 Å². The van der Waals surface area contributed by atoms with Crippen molar-refractivity contribution in [3.05, 3.63) is 35.0 Å². The molecule has 3 heterocycles. The summed E-state index contributed by atoms with van der Waals surface area (Å²) < 4.78 is 0. The molecule has 0 radical (unpaired) electrons. The van der Waals surface area contributed by atoms with Crippen LogP contribution in [0.3, 0.4) is 0 Å². The summed E-state index contributed by atoms with van der Waals surface area (Å²) in [6, 6.07) is 5.87. The zero-order valence-corrected chi connectivity index (χ0v) is 13.5. The van der Waals surface area contributed by atoms with Gasteiger partial charge in [0.05, 0.1) is 11.3 Å². The first kappa shape index (κ1) is 14.5. The number of carbonyl (C=O) groups excluding carboxylic acids is 1. The highest BCUT2D eigenvalue weighted by atomic mass is 16.2. The molecule has 0 unspecified atom stereocenters. The molecular weight excluding hydrogens is 290 g/mol. The number of benzene rings is 1. The van der Waals surface area contributed by atoms with Gasteiger partial charge in [-0.2, -0.15) is 0 Å². The van der Waals surface area contributed by atoms with Crippen LogP contribution in [0.1, 0.15) is 22.8 Å². The van der Waals surface area contributed by atoms with Crippen molar-refractivity contribution >= 4 is 17.2 Å². The fourth-order valence-electron chi connectivity index (χ4n) is 3.64. The SMILES string of the molecule is CCN1CCN(CC2=C3CNc4cccc(c43)C(=O)NN2)CC1. The molecule has 4 rings (SSSR count). The summed E-state index contributed by atoms with van der Waals surface area (Å²) >= 11 is 0. The Morgan fingerprint density at radius 3 is 2.65 bits per heavy atom. The van der Waals surface area contributed by atoms with Crippen molar-refractivity contribution in [3.8, 4) is 0 Å². The second kappa shape index (κ2) is 5.86. The Morgan fingerprint density at radius 2 is 1.87 bits per heavy atom. The molecule has 3 N–H and O–H groups in total. The Balaban J connectivity index is 1.60. The molecule has 0 saturated carbocycles. The highest BCUT2D eigenvalue weighted by Gasteiger charge is 2.29. The number of hydrogen-bond acceptors (Lipinski definition) is 5. The third-order valence-electron chi connectivity index (χ3n) is 5.05. The van der Waals surface area contributed by atoms with Gasteiger partial charge >= 0.3 is 0 Å². The molecule has 1 aromatic carbocycles. The number of rotatable bonds is 3. The molecule has 0 bridgehead atoms. The molecule has 1 saturated heterocycles. The average Bonchev–Trinajstić information content (AvgIpc) is 2.97. The molecular formula is C17H23N5O. The lowest BCUT2D eigenvalue weighted by Gasteiger charge is -2.34. The van der Waals surface area contributed by atoms with E-state index in [0.29, 0.717) is 0 Å². The minimum Gasteiger partial charge on any atom is -0.380 e. The van der Waals surface area contributed by atoms with E-state index in [2.05, 4.69) is 32.9 Å². The molecule has 6 heteroatoms. The molecule has 0 spiro atoms. The molecule has 6 nitrogen and oxygen atoms in total. The zero-order valence-electron chi connectivity index (χ0n) is 13.5. The van der Waals surface area contributed by atoms with Crippen molar-refractivity contribution in [2.75, 3.05) is 51.1 Å². The van der Waals surface area contributed by atoms with Crippen LogP contribution >= 0.6 is 0 Å². The molecule has 0 aliphatic carbocycles. The maximum atomic E-state index is 12.3. The van der Waals surface area contributed by atoms with Crippen molar-refractivity contribution < 1.29 is 4.79 Å². The van der Waals surface area contributed by atoms with E-state index >= 15 is 0 Å². The predicted molar refractivity (Wildman–Crippen MR) is 91.0 cm³/mol. The van der Waals surface area contributed by atoms with Crippen LogP contribution in [0, 0.1) is 0 Å². The summed E-state index contributed by atoms with van der Waals surface area (Å²) in [6.07, 6.45) is 0. The van der Waals surface area contributed by atoms with Gasteiger partial charge < -0.3 is 15.6 Å². The summed E-state index contributed by atoms with van der Waals surface area (Å²) in [5.41, 5.74) is 11.2. The Morgan fingerprint density at radius 1 is 1.09 bits per heavy atom. The lowest BCUT2D eigenvalue weighted by Crippen LogP contribution is -2.48. The summed E-state index contributed by atoms with van der Waals surface area (Å²) in [4.78, 5) is 17.2. The quantitative estimate of drug-likeness (QED) is 0.767. The van der Waals surface area contributed by atoms with Gasteiger partial charge in [-0.15, -0.1) is 0 Å². The highest BCUT2D eigenvalue weighted by molar-refractivity contribution is 6.05. The normalized spacial score (nSPS) is 21.3. The lowest BCUT2D eigenvalue weighted by molar-refractivity contribution is 0.0936. The second-order valence-electron chi connectivity index (χ2n) is 6.33. The number of hydrazine groups is 1. The molecule has 3 aliphatic heterocycles. The number of hydrogen-bond donors (Lipinski definition) is 3. The van der Waals surface area contributed by atoms with Crippen molar-refractivity contribution in [2.24, 2.45) is 0 Å². The van der Waals surface area contributed by atoms with Crippen molar-refractivity contribution in [3.63, 3.8) is 0 Å². The Bertz CT molecular complexity index is 661. The van der Waals surface area contributed by atoms with Crippen molar-refractivity contribution in [1.29, 1.82) is 0 Å². The highest BCUT2D eigenvalue weighted by Crippen LogP contribution is 2.36. The number of nitrogens with one attached hydrogen (secondary N) is 3. The summed E-state index contributed by atoms with van der Waals surface area (Å²) in [5, 5.41) is 3.41. The fourth-order valence-corrected chi connectivity index (χ4v) is 3.64. The number of amides is 1. The molecule has 23 heavy (non-hydrogen) atoms. The number of likely N-dealkylation sites (N-methyl/N-ethyl adjacent to an activating group) is 1. The number of anilines is 1. The maximum Gasteiger partial charge on any atom is 0.270 e. The molecule has 1 aromatic rings. The monoisotopic (exact) mass is 313 g/mol. The summed E-state index contributed by atoms with van der Waals surface area (Å²) in [7, 11) is 0. The smallest absolute Gasteiger partial charge is 0.270 e. The minimum absolute atomic E-state index is 0.0612. The van der Waals surface area contributed by atoms with Crippen molar-refractivity contribution in [2.45, 2.75) is 6.92 Å². The number of nitrogens with zero attached hydrogens (tertiary/aromatic N) is 2. The standard InChI is InChI=1S/C17H23N5O/c1-2-21-6-8-22(9-7-21)11-15-13-10-18-14-5-3-4-12(16(13)14)17(23)20-19-15/h3-5,18-19H,2,6-11H2,1H3,(H,20,23). The lowest BCUT2D eigenvalue weighted by atomic mass is 9.99. The van der Waals surface area contributed by atoms with Gasteiger partial charge in [0.15, 0.2) is 0 Å². The maximum absolute atomic E-state index is 12.3. The first-order chi connectivity index (χ1) is 11.3. The first-order valence-corrected chi connectivity index (χ1v) is 8.36. The van der Waals surface area contributed by atoms with Gasteiger partial charge in [-0.25, -0.2) is 0 Å². The van der Waals surface area contributed by atoms with Gasteiger partial charge in [0, 0.05) is 56.1 Å². The second-order valence-corrected chi connectivity index (χ2v) is 6.33. The average molecular weight is 313 g/mol. The van der Waals surface area contributed by atoms with Crippen LogP contribution in [0.2, 0.25) is 0 Å². The van der Waals surface area contributed by atoms with E-state index in [1.165, 1.54) is 5.57 Å². The summed E-state index contributed by atoms with van der Waals surface area (Å²) in [6.45, 7) is 9.34. The molecule has 0 aromatic heterocycles. The molecule has 122 valence electrons. The van der Waals surface area contributed by atoms with Gasteiger partial charge in [0.2, 0.25) is 0 Å². The van der Waals surface area contributed by atoms with Crippen LogP contribution in [0.4, 0.5) is 5.69 Å². The third kappa shape index (κ3) is 2.58. The van der Waals surface area contributed by atoms with E-state index in [-0.39, 0.29) is 5.91 Å². The molecule has 3 aliphatic rings. The van der Waals surface area contributed by atoms with E-state index in [0.717, 1.165) is 68.3 Å². The van der Waals surface area contributed by atoms with Crippen LogP contribution in [0.15, 0.2) is 23.9 Å².